The molecule has 0 aliphatic carbocycles. The van der Waals surface area contributed by atoms with Crippen LogP contribution in [-0.2, 0) is 0 Å². The Kier molecular flexibility index (Phi) is 6.43. The predicted molar refractivity (Wildman–Crippen MR) is 111 cm³/mol. The minimum atomic E-state index is -0.506. The van der Waals surface area contributed by atoms with Gasteiger partial charge in [-0.25, -0.2) is 4.79 Å². The fourth-order valence-electron chi connectivity index (χ4n) is 2.63. The summed E-state index contributed by atoms with van der Waals surface area (Å²) in [4.78, 5) is 24.6. The first kappa shape index (κ1) is 19.9. The molecule has 3 aromatic rings. The van der Waals surface area contributed by atoms with E-state index in [-0.39, 0.29) is 5.78 Å². The molecule has 5 nitrogen and oxygen atoms in total. The maximum atomic E-state index is 12.4. The summed E-state index contributed by atoms with van der Waals surface area (Å²) < 4.78 is 15.9. The first-order valence-corrected chi connectivity index (χ1v) is 8.92. The highest BCUT2D eigenvalue weighted by molar-refractivity contribution is 6.06. The van der Waals surface area contributed by atoms with Crippen LogP contribution >= 0.6 is 0 Å². The lowest BCUT2D eigenvalue weighted by atomic mass is 10.1. The van der Waals surface area contributed by atoms with Crippen molar-refractivity contribution in [2.75, 3.05) is 14.2 Å². The van der Waals surface area contributed by atoms with E-state index in [2.05, 4.69) is 0 Å². The summed E-state index contributed by atoms with van der Waals surface area (Å²) in [5, 5.41) is 0. The monoisotopic (exact) mass is 388 g/mol. The number of hydrogen-bond donors (Lipinski definition) is 0. The SMILES string of the molecule is COc1ccc(C(=O)Oc2ccc(/C=C/C(=O)c3ccccc3)cc2OC)cc1. The molecule has 0 heterocycles. The molecule has 0 spiro atoms. The molecule has 3 rings (SSSR count). The van der Waals surface area contributed by atoms with Crippen molar-refractivity contribution in [3.63, 3.8) is 0 Å². The molecule has 0 atom stereocenters. The number of esters is 1. The zero-order valence-corrected chi connectivity index (χ0v) is 16.1. The molecule has 0 bridgehead atoms. The van der Waals surface area contributed by atoms with E-state index in [4.69, 9.17) is 14.2 Å². The van der Waals surface area contributed by atoms with Crippen LogP contribution in [-0.4, -0.2) is 26.0 Å². The number of carbonyl (C=O) groups is 2. The maximum Gasteiger partial charge on any atom is 0.343 e. The zero-order valence-electron chi connectivity index (χ0n) is 16.1. The Bertz CT molecular complexity index is 1020. The molecular formula is C24H20O5. The van der Waals surface area contributed by atoms with Crippen LogP contribution < -0.4 is 14.2 Å². The third kappa shape index (κ3) is 5.11. The van der Waals surface area contributed by atoms with E-state index in [0.717, 1.165) is 5.56 Å². The van der Waals surface area contributed by atoms with Crippen LogP contribution in [0.1, 0.15) is 26.3 Å². The Morgan fingerprint density at radius 1 is 0.759 bits per heavy atom. The molecule has 0 amide bonds. The average molecular weight is 388 g/mol. The molecule has 0 aliphatic rings. The number of benzene rings is 3. The molecule has 146 valence electrons. The summed E-state index contributed by atoms with van der Waals surface area (Å²) in [5.41, 5.74) is 1.75. The lowest BCUT2D eigenvalue weighted by Gasteiger charge is -2.10. The van der Waals surface area contributed by atoms with Crippen LogP contribution in [0.4, 0.5) is 0 Å². The topological polar surface area (TPSA) is 61.8 Å². The van der Waals surface area contributed by atoms with Crippen LogP contribution in [0.3, 0.4) is 0 Å². The van der Waals surface area contributed by atoms with Gasteiger partial charge < -0.3 is 14.2 Å². The smallest absolute Gasteiger partial charge is 0.343 e. The van der Waals surface area contributed by atoms with Crippen molar-refractivity contribution < 1.29 is 23.8 Å². The summed E-state index contributed by atoms with van der Waals surface area (Å²) >= 11 is 0. The van der Waals surface area contributed by atoms with Gasteiger partial charge in [0, 0.05) is 5.56 Å². The predicted octanol–water partition coefficient (Wildman–Crippen LogP) is 4.82. The molecule has 3 aromatic carbocycles. The number of rotatable bonds is 7. The van der Waals surface area contributed by atoms with Gasteiger partial charge in [-0.3, -0.25) is 4.79 Å². The average Bonchev–Trinajstić information content (AvgIpc) is 2.78. The number of hydrogen-bond acceptors (Lipinski definition) is 5. The van der Waals surface area contributed by atoms with E-state index in [1.807, 2.05) is 18.2 Å². The molecule has 0 saturated heterocycles. The Morgan fingerprint density at radius 3 is 2.14 bits per heavy atom. The zero-order chi connectivity index (χ0) is 20.6. The van der Waals surface area contributed by atoms with E-state index in [1.54, 1.807) is 67.8 Å². The molecule has 0 N–H and O–H groups in total. The molecular weight excluding hydrogens is 368 g/mol. The highest BCUT2D eigenvalue weighted by Crippen LogP contribution is 2.29. The highest BCUT2D eigenvalue weighted by atomic mass is 16.6. The van der Waals surface area contributed by atoms with Gasteiger partial charge >= 0.3 is 5.97 Å². The minimum Gasteiger partial charge on any atom is -0.497 e. The van der Waals surface area contributed by atoms with E-state index < -0.39 is 5.97 Å². The van der Waals surface area contributed by atoms with Crippen molar-refractivity contribution in [3.05, 3.63) is 95.6 Å². The van der Waals surface area contributed by atoms with Gasteiger partial charge in [0.05, 0.1) is 19.8 Å². The Balaban J connectivity index is 1.73. The quantitative estimate of drug-likeness (QED) is 0.251. The second-order valence-corrected chi connectivity index (χ2v) is 6.09. The largest absolute Gasteiger partial charge is 0.497 e. The fourth-order valence-corrected chi connectivity index (χ4v) is 2.63. The van der Waals surface area contributed by atoms with E-state index in [1.165, 1.54) is 13.2 Å². The van der Waals surface area contributed by atoms with Crippen LogP contribution in [0, 0.1) is 0 Å². The van der Waals surface area contributed by atoms with Gasteiger partial charge in [-0.2, -0.15) is 0 Å². The summed E-state index contributed by atoms with van der Waals surface area (Å²) in [6.45, 7) is 0. The van der Waals surface area contributed by atoms with Crippen molar-refractivity contribution in [2.45, 2.75) is 0 Å². The summed E-state index contributed by atoms with van der Waals surface area (Å²) in [6, 6.07) is 20.7. The Hall–Kier alpha value is -3.86. The van der Waals surface area contributed by atoms with Crippen molar-refractivity contribution in [3.8, 4) is 17.2 Å². The number of methoxy groups -OCH3 is 2. The molecule has 29 heavy (non-hydrogen) atoms. The summed E-state index contributed by atoms with van der Waals surface area (Å²) in [5.74, 6) is 0.731. The molecule has 0 radical (unpaired) electrons. The van der Waals surface area contributed by atoms with E-state index in [0.29, 0.717) is 28.4 Å². The summed E-state index contributed by atoms with van der Waals surface area (Å²) in [6.07, 6.45) is 3.18. The van der Waals surface area contributed by atoms with Gasteiger partial charge in [-0.05, 0) is 48.0 Å². The minimum absolute atomic E-state index is 0.0976. The first-order valence-electron chi connectivity index (χ1n) is 8.92. The van der Waals surface area contributed by atoms with Gasteiger partial charge in [-0.15, -0.1) is 0 Å². The van der Waals surface area contributed by atoms with Gasteiger partial charge in [0.2, 0.25) is 0 Å². The third-order valence-electron chi connectivity index (χ3n) is 4.20. The fraction of sp³-hybridized carbons (Fsp3) is 0.0833. The lowest BCUT2D eigenvalue weighted by molar-refractivity contribution is 0.0729. The first-order chi connectivity index (χ1) is 14.1. The van der Waals surface area contributed by atoms with Crippen LogP contribution in [0.25, 0.3) is 6.08 Å². The highest BCUT2D eigenvalue weighted by Gasteiger charge is 2.13. The van der Waals surface area contributed by atoms with Crippen molar-refractivity contribution in [1.29, 1.82) is 0 Å². The van der Waals surface area contributed by atoms with Crippen molar-refractivity contribution in [1.82, 2.24) is 0 Å². The standard InChI is InChI=1S/C24H20O5/c1-27-20-12-10-19(11-13-20)24(26)29-22-15-9-17(16-23(22)28-2)8-14-21(25)18-6-4-3-5-7-18/h3-16H,1-2H3/b14-8+. The van der Waals surface area contributed by atoms with Crippen molar-refractivity contribution >= 4 is 17.8 Å². The van der Waals surface area contributed by atoms with Crippen LogP contribution in [0.5, 0.6) is 17.2 Å². The van der Waals surface area contributed by atoms with E-state index in [9.17, 15) is 9.59 Å². The molecule has 0 saturated carbocycles. The lowest BCUT2D eigenvalue weighted by Crippen LogP contribution is -2.09. The van der Waals surface area contributed by atoms with Gasteiger partial charge in [0.25, 0.3) is 0 Å². The number of allylic oxidation sites excluding steroid dienone is 1. The Morgan fingerprint density at radius 2 is 1.48 bits per heavy atom. The normalized spacial score (nSPS) is 10.6. The van der Waals surface area contributed by atoms with Gasteiger partial charge in [0.15, 0.2) is 17.3 Å². The van der Waals surface area contributed by atoms with Crippen LogP contribution in [0.15, 0.2) is 78.9 Å². The maximum absolute atomic E-state index is 12.4. The van der Waals surface area contributed by atoms with Gasteiger partial charge in [-0.1, -0.05) is 42.5 Å². The number of carbonyl (C=O) groups excluding carboxylic acids is 2. The van der Waals surface area contributed by atoms with E-state index >= 15 is 0 Å². The molecule has 5 heteroatoms. The Labute approximate surface area is 169 Å². The molecule has 0 fully saturated rings. The second kappa shape index (κ2) is 9.37. The number of ether oxygens (including phenoxy) is 3. The molecule has 0 unspecified atom stereocenters. The second-order valence-electron chi connectivity index (χ2n) is 6.09. The number of ketones is 1. The molecule has 0 aliphatic heterocycles. The molecule has 0 aromatic heterocycles. The van der Waals surface area contributed by atoms with Gasteiger partial charge in [0.1, 0.15) is 5.75 Å². The van der Waals surface area contributed by atoms with Crippen molar-refractivity contribution in [2.24, 2.45) is 0 Å². The third-order valence-corrected chi connectivity index (χ3v) is 4.20. The summed E-state index contributed by atoms with van der Waals surface area (Å²) in [7, 11) is 3.05. The van der Waals surface area contributed by atoms with Crippen LogP contribution in [0.2, 0.25) is 0 Å².